The third-order valence-corrected chi connectivity index (χ3v) is 3.72. The Labute approximate surface area is 109 Å². The predicted octanol–water partition coefficient (Wildman–Crippen LogP) is 2.07. The van der Waals surface area contributed by atoms with E-state index in [4.69, 9.17) is 5.11 Å². The summed E-state index contributed by atoms with van der Waals surface area (Å²) in [6.07, 6.45) is 3.96. The number of nitrogens with zero attached hydrogens (tertiary/aromatic N) is 1. The number of hydrogen-bond acceptors (Lipinski definition) is 2. The Morgan fingerprint density at radius 3 is 2.39 bits per heavy atom. The van der Waals surface area contributed by atoms with Crippen molar-refractivity contribution in [1.29, 1.82) is 0 Å². The highest BCUT2D eigenvalue weighted by atomic mass is 16.4. The number of carboxylic acid groups (broad SMARTS) is 1. The van der Waals surface area contributed by atoms with Gasteiger partial charge in [0.15, 0.2) is 0 Å². The smallest absolute Gasteiger partial charge is 0.317 e. The van der Waals surface area contributed by atoms with Crippen molar-refractivity contribution in [1.82, 2.24) is 10.2 Å². The van der Waals surface area contributed by atoms with Gasteiger partial charge in [-0.25, -0.2) is 4.79 Å². The first-order chi connectivity index (χ1) is 8.53. The molecule has 0 aromatic heterocycles. The molecule has 1 saturated carbocycles. The minimum atomic E-state index is -0.773. The molecule has 104 valence electrons. The van der Waals surface area contributed by atoms with Gasteiger partial charge in [0.25, 0.3) is 0 Å². The van der Waals surface area contributed by atoms with Crippen LogP contribution in [0, 0.1) is 5.41 Å². The lowest BCUT2D eigenvalue weighted by molar-refractivity contribution is -0.141. The summed E-state index contributed by atoms with van der Waals surface area (Å²) < 4.78 is 0. The third kappa shape index (κ3) is 3.89. The van der Waals surface area contributed by atoms with Crippen LogP contribution in [0.1, 0.15) is 46.0 Å². The Morgan fingerprint density at radius 1 is 1.33 bits per heavy atom. The van der Waals surface area contributed by atoms with E-state index in [1.54, 1.807) is 4.90 Å². The fourth-order valence-electron chi connectivity index (χ4n) is 2.46. The van der Waals surface area contributed by atoms with Gasteiger partial charge in [0.05, 0.1) is 6.42 Å². The molecule has 2 amide bonds. The van der Waals surface area contributed by atoms with E-state index in [2.05, 4.69) is 5.32 Å². The molecular weight excluding hydrogens is 232 g/mol. The molecule has 1 fully saturated rings. The van der Waals surface area contributed by atoms with Gasteiger partial charge < -0.3 is 15.3 Å². The maximum Gasteiger partial charge on any atom is 0.317 e. The van der Waals surface area contributed by atoms with Crippen LogP contribution in [0.5, 0.6) is 0 Å². The molecule has 0 atom stereocenters. The normalized spacial score (nSPS) is 16.8. The highest BCUT2D eigenvalue weighted by Crippen LogP contribution is 2.43. The van der Waals surface area contributed by atoms with Crippen LogP contribution in [-0.2, 0) is 4.79 Å². The van der Waals surface area contributed by atoms with Crippen LogP contribution in [0.2, 0.25) is 0 Å². The Morgan fingerprint density at radius 2 is 2.00 bits per heavy atom. The summed E-state index contributed by atoms with van der Waals surface area (Å²) in [4.78, 5) is 24.5. The molecule has 1 aliphatic carbocycles. The minimum Gasteiger partial charge on any atom is -0.481 e. The first kappa shape index (κ1) is 14.8. The molecule has 0 spiro atoms. The molecule has 0 aromatic carbocycles. The van der Waals surface area contributed by atoms with Gasteiger partial charge in [-0.1, -0.05) is 13.3 Å². The quantitative estimate of drug-likeness (QED) is 0.732. The molecule has 0 unspecified atom stereocenters. The zero-order valence-electron chi connectivity index (χ0n) is 11.4. The molecule has 2 N–H and O–H groups in total. The van der Waals surface area contributed by atoms with E-state index in [1.807, 2.05) is 13.8 Å². The second-order valence-electron chi connectivity index (χ2n) is 5.16. The van der Waals surface area contributed by atoms with Crippen molar-refractivity contribution in [3.05, 3.63) is 0 Å². The Balaban J connectivity index is 2.42. The maximum absolute atomic E-state index is 11.9. The van der Waals surface area contributed by atoms with Gasteiger partial charge in [0.2, 0.25) is 0 Å². The summed E-state index contributed by atoms with van der Waals surface area (Å²) in [6.45, 7) is 5.90. The van der Waals surface area contributed by atoms with Crippen molar-refractivity contribution in [2.75, 3.05) is 19.6 Å². The number of carbonyl (C=O) groups is 2. The second-order valence-corrected chi connectivity index (χ2v) is 5.16. The van der Waals surface area contributed by atoms with Crippen LogP contribution in [0.4, 0.5) is 4.79 Å². The Kier molecular flexibility index (Phi) is 5.44. The molecule has 5 nitrogen and oxygen atoms in total. The fourth-order valence-corrected chi connectivity index (χ4v) is 2.46. The molecule has 0 aromatic rings. The zero-order chi connectivity index (χ0) is 13.6. The van der Waals surface area contributed by atoms with Gasteiger partial charge in [-0.05, 0) is 31.6 Å². The van der Waals surface area contributed by atoms with Gasteiger partial charge >= 0.3 is 12.0 Å². The van der Waals surface area contributed by atoms with Crippen molar-refractivity contribution in [2.45, 2.75) is 46.0 Å². The summed E-state index contributed by atoms with van der Waals surface area (Å²) >= 11 is 0. The van der Waals surface area contributed by atoms with Crippen LogP contribution >= 0.6 is 0 Å². The number of hydrogen-bond donors (Lipinski definition) is 2. The highest BCUT2D eigenvalue weighted by molar-refractivity contribution is 5.74. The number of aliphatic carboxylic acids is 1. The van der Waals surface area contributed by atoms with E-state index in [0.717, 1.165) is 32.2 Å². The van der Waals surface area contributed by atoms with Crippen LogP contribution in [0.25, 0.3) is 0 Å². The Bertz CT molecular complexity index is 301. The molecule has 1 aliphatic rings. The summed E-state index contributed by atoms with van der Waals surface area (Å²) in [5.41, 5.74) is -0.201. The monoisotopic (exact) mass is 256 g/mol. The van der Waals surface area contributed by atoms with Crippen molar-refractivity contribution < 1.29 is 14.7 Å². The standard InChI is InChI=1S/C13H24N2O3/c1-3-8-15(4-2)12(18)14-10-13(6-5-7-13)9-11(16)17/h3-10H2,1-2H3,(H,14,18)(H,16,17). The second kappa shape index (κ2) is 6.61. The van der Waals surface area contributed by atoms with Gasteiger partial charge in [0, 0.05) is 19.6 Å². The zero-order valence-corrected chi connectivity index (χ0v) is 11.4. The van der Waals surface area contributed by atoms with Gasteiger partial charge in [-0.15, -0.1) is 0 Å². The molecule has 0 aliphatic heterocycles. The molecule has 0 bridgehead atoms. The molecule has 5 heteroatoms. The van der Waals surface area contributed by atoms with E-state index in [9.17, 15) is 9.59 Å². The highest BCUT2D eigenvalue weighted by Gasteiger charge is 2.39. The van der Waals surface area contributed by atoms with Crippen LogP contribution < -0.4 is 5.32 Å². The SMILES string of the molecule is CCCN(CC)C(=O)NCC1(CC(=O)O)CCC1. The number of carbonyl (C=O) groups excluding carboxylic acids is 1. The topological polar surface area (TPSA) is 69.6 Å². The number of carboxylic acids is 1. The van der Waals surface area contributed by atoms with E-state index >= 15 is 0 Å². The van der Waals surface area contributed by atoms with Crippen LogP contribution in [0.3, 0.4) is 0 Å². The van der Waals surface area contributed by atoms with E-state index in [0.29, 0.717) is 13.1 Å². The summed E-state index contributed by atoms with van der Waals surface area (Å²) in [5, 5.41) is 11.8. The average Bonchev–Trinajstić information content (AvgIpc) is 2.28. The number of rotatable bonds is 7. The van der Waals surface area contributed by atoms with Gasteiger partial charge in [-0.2, -0.15) is 0 Å². The number of urea groups is 1. The molecular formula is C13H24N2O3. The van der Waals surface area contributed by atoms with Crippen molar-refractivity contribution in [2.24, 2.45) is 5.41 Å². The fraction of sp³-hybridized carbons (Fsp3) is 0.846. The third-order valence-electron chi connectivity index (χ3n) is 3.72. The molecule has 1 rings (SSSR count). The largest absolute Gasteiger partial charge is 0.481 e. The van der Waals surface area contributed by atoms with E-state index < -0.39 is 5.97 Å². The van der Waals surface area contributed by atoms with Gasteiger partial charge in [-0.3, -0.25) is 4.79 Å². The predicted molar refractivity (Wildman–Crippen MR) is 69.5 cm³/mol. The minimum absolute atomic E-state index is 0.0731. The van der Waals surface area contributed by atoms with Gasteiger partial charge in [0.1, 0.15) is 0 Å². The lowest BCUT2D eigenvalue weighted by Gasteiger charge is -2.41. The Hall–Kier alpha value is -1.26. The lowest BCUT2D eigenvalue weighted by Crippen LogP contribution is -2.48. The van der Waals surface area contributed by atoms with Crippen LogP contribution in [-0.4, -0.2) is 41.6 Å². The number of amides is 2. The van der Waals surface area contributed by atoms with Crippen molar-refractivity contribution in [3.63, 3.8) is 0 Å². The summed E-state index contributed by atoms with van der Waals surface area (Å²) in [7, 11) is 0. The molecule has 0 heterocycles. The number of nitrogens with one attached hydrogen (secondary N) is 1. The summed E-state index contributed by atoms with van der Waals surface area (Å²) in [5.74, 6) is -0.773. The molecule has 18 heavy (non-hydrogen) atoms. The molecule has 0 radical (unpaired) electrons. The first-order valence-corrected chi connectivity index (χ1v) is 6.77. The van der Waals surface area contributed by atoms with Crippen molar-refractivity contribution >= 4 is 12.0 Å². The summed E-state index contributed by atoms with van der Waals surface area (Å²) in [6, 6.07) is -0.0731. The van der Waals surface area contributed by atoms with E-state index in [1.165, 1.54) is 0 Å². The lowest BCUT2D eigenvalue weighted by atomic mass is 9.66. The van der Waals surface area contributed by atoms with E-state index in [-0.39, 0.29) is 17.9 Å². The maximum atomic E-state index is 11.9. The van der Waals surface area contributed by atoms with Crippen LogP contribution in [0.15, 0.2) is 0 Å². The van der Waals surface area contributed by atoms with Crippen molar-refractivity contribution in [3.8, 4) is 0 Å². The molecule has 0 saturated heterocycles. The average molecular weight is 256 g/mol. The first-order valence-electron chi connectivity index (χ1n) is 6.77.